The molecule has 0 fully saturated rings. The summed E-state index contributed by atoms with van der Waals surface area (Å²) in [6.07, 6.45) is 0. The van der Waals surface area contributed by atoms with Gasteiger partial charge in [0.15, 0.2) is 0 Å². The number of hydrogen-bond acceptors (Lipinski definition) is 3. The van der Waals surface area contributed by atoms with Crippen LogP contribution in [0.1, 0.15) is 11.1 Å². The highest BCUT2D eigenvalue weighted by molar-refractivity contribution is 5.86. The second-order valence-electron chi connectivity index (χ2n) is 4.71. The van der Waals surface area contributed by atoms with Crippen LogP contribution in [-0.4, -0.2) is 10.1 Å². The molecule has 96 valence electrons. The van der Waals surface area contributed by atoms with Crippen LogP contribution in [-0.2, 0) is 0 Å². The zero-order valence-corrected chi connectivity index (χ0v) is 11.0. The van der Waals surface area contributed by atoms with Gasteiger partial charge in [0.1, 0.15) is 5.75 Å². The van der Waals surface area contributed by atoms with Crippen molar-refractivity contribution < 1.29 is 5.11 Å². The van der Waals surface area contributed by atoms with Gasteiger partial charge in [-0.2, -0.15) is 5.26 Å². The summed E-state index contributed by atoms with van der Waals surface area (Å²) in [6.45, 7) is 2.00. The summed E-state index contributed by atoms with van der Waals surface area (Å²) in [7, 11) is 0. The second kappa shape index (κ2) is 4.67. The Morgan fingerprint density at radius 2 is 1.80 bits per heavy atom. The van der Waals surface area contributed by atoms with Crippen LogP contribution in [0.15, 0.2) is 48.5 Å². The fourth-order valence-electron chi connectivity index (χ4n) is 2.25. The molecule has 1 N–H and O–H groups in total. The number of phenolic OH excluding ortho intramolecular Hbond substituents is 1. The molecule has 0 aliphatic carbocycles. The molecule has 0 radical (unpaired) electrons. The number of nitriles is 1. The van der Waals surface area contributed by atoms with Gasteiger partial charge in [-0.05, 0) is 48.9 Å². The predicted octanol–water partition coefficient (Wildman–Crippen LogP) is 3.79. The van der Waals surface area contributed by atoms with Crippen LogP contribution >= 0.6 is 0 Å². The van der Waals surface area contributed by atoms with Crippen molar-refractivity contribution in [1.82, 2.24) is 4.98 Å². The van der Waals surface area contributed by atoms with Crippen LogP contribution in [0.3, 0.4) is 0 Å². The van der Waals surface area contributed by atoms with E-state index in [1.807, 2.05) is 31.2 Å². The molecule has 0 atom stereocenters. The maximum absolute atomic E-state index is 9.54. The van der Waals surface area contributed by atoms with Gasteiger partial charge in [-0.3, -0.25) is 0 Å². The summed E-state index contributed by atoms with van der Waals surface area (Å²) in [5, 5.41) is 19.3. The summed E-state index contributed by atoms with van der Waals surface area (Å²) in [5.41, 5.74) is 4.39. The Balaban J connectivity index is 2.17. The predicted molar refractivity (Wildman–Crippen MR) is 78.3 cm³/mol. The lowest BCUT2D eigenvalue weighted by Crippen LogP contribution is -1.89. The van der Waals surface area contributed by atoms with Crippen LogP contribution in [0.2, 0.25) is 0 Å². The van der Waals surface area contributed by atoms with Gasteiger partial charge in [-0.1, -0.05) is 12.1 Å². The van der Waals surface area contributed by atoms with Gasteiger partial charge in [-0.25, -0.2) is 4.98 Å². The first-order valence-electron chi connectivity index (χ1n) is 6.28. The molecule has 0 saturated heterocycles. The topological polar surface area (TPSA) is 56.9 Å². The Bertz CT molecular complexity index is 830. The van der Waals surface area contributed by atoms with Crippen LogP contribution in [0, 0.1) is 18.3 Å². The van der Waals surface area contributed by atoms with Crippen LogP contribution in [0.5, 0.6) is 5.75 Å². The molecular weight excluding hydrogens is 248 g/mol. The number of aromatic hydroxyl groups is 1. The summed E-state index contributed by atoms with van der Waals surface area (Å²) >= 11 is 0. The highest BCUT2D eigenvalue weighted by Crippen LogP contribution is 2.26. The molecular formula is C17H12N2O. The number of nitrogens with zero attached hydrogens (tertiary/aromatic N) is 2. The van der Waals surface area contributed by atoms with Crippen molar-refractivity contribution in [3.05, 3.63) is 59.7 Å². The molecule has 1 aromatic heterocycles. The van der Waals surface area contributed by atoms with Crippen molar-refractivity contribution in [2.45, 2.75) is 6.92 Å². The van der Waals surface area contributed by atoms with E-state index in [1.165, 1.54) is 0 Å². The van der Waals surface area contributed by atoms with Crippen LogP contribution in [0.4, 0.5) is 0 Å². The molecule has 3 heteroatoms. The zero-order chi connectivity index (χ0) is 14.1. The summed E-state index contributed by atoms with van der Waals surface area (Å²) < 4.78 is 0. The summed E-state index contributed by atoms with van der Waals surface area (Å²) in [6, 6.07) is 16.6. The lowest BCUT2D eigenvalue weighted by atomic mass is 10.0. The Kier molecular flexibility index (Phi) is 2.85. The Labute approximate surface area is 116 Å². The van der Waals surface area contributed by atoms with E-state index >= 15 is 0 Å². The Morgan fingerprint density at radius 3 is 2.50 bits per heavy atom. The number of phenols is 1. The lowest BCUT2D eigenvalue weighted by molar-refractivity contribution is 0.476. The van der Waals surface area contributed by atoms with Crippen molar-refractivity contribution >= 4 is 10.9 Å². The van der Waals surface area contributed by atoms with Gasteiger partial charge in [0.05, 0.1) is 22.8 Å². The van der Waals surface area contributed by atoms with Gasteiger partial charge < -0.3 is 5.11 Å². The fraction of sp³-hybridized carbons (Fsp3) is 0.0588. The van der Waals surface area contributed by atoms with Crippen LogP contribution < -0.4 is 0 Å². The van der Waals surface area contributed by atoms with Crippen LogP contribution in [0.25, 0.3) is 22.2 Å². The molecule has 0 aliphatic heterocycles. The first kappa shape index (κ1) is 12.2. The molecule has 0 unspecified atom stereocenters. The Morgan fingerprint density at radius 1 is 1.05 bits per heavy atom. The second-order valence-corrected chi connectivity index (χ2v) is 4.71. The molecule has 0 bridgehead atoms. The van der Waals surface area contributed by atoms with Crippen molar-refractivity contribution in [3.63, 3.8) is 0 Å². The molecule has 3 rings (SSSR count). The van der Waals surface area contributed by atoms with E-state index in [9.17, 15) is 5.11 Å². The molecule has 0 amide bonds. The maximum atomic E-state index is 9.54. The third-order valence-electron chi connectivity index (χ3n) is 3.31. The van der Waals surface area contributed by atoms with Gasteiger partial charge in [0.25, 0.3) is 0 Å². The number of aromatic nitrogens is 1. The summed E-state index contributed by atoms with van der Waals surface area (Å²) in [5.74, 6) is 0.244. The van der Waals surface area contributed by atoms with Gasteiger partial charge in [0, 0.05) is 10.9 Å². The molecule has 0 spiro atoms. The number of rotatable bonds is 1. The molecule has 0 aliphatic rings. The van der Waals surface area contributed by atoms with E-state index in [-0.39, 0.29) is 5.75 Å². The molecule has 1 heterocycles. The van der Waals surface area contributed by atoms with E-state index in [2.05, 4.69) is 11.1 Å². The highest BCUT2D eigenvalue weighted by atomic mass is 16.3. The maximum Gasteiger partial charge on any atom is 0.116 e. The van der Waals surface area contributed by atoms with E-state index in [0.29, 0.717) is 5.56 Å². The lowest BCUT2D eigenvalue weighted by Gasteiger charge is -2.07. The van der Waals surface area contributed by atoms with Crippen molar-refractivity contribution in [2.75, 3.05) is 0 Å². The fourth-order valence-corrected chi connectivity index (χ4v) is 2.25. The van der Waals surface area contributed by atoms with Gasteiger partial charge in [0.2, 0.25) is 0 Å². The van der Waals surface area contributed by atoms with E-state index in [0.717, 1.165) is 27.7 Å². The highest BCUT2D eigenvalue weighted by Gasteiger charge is 2.06. The van der Waals surface area contributed by atoms with Crippen molar-refractivity contribution in [2.24, 2.45) is 0 Å². The largest absolute Gasteiger partial charge is 0.508 e. The monoisotopic (exact) mass is 260 g/mol. The normalized spacial score (nSPS) is 10.4. The third kappa shape index (κ3) is 2.08. The number of aryl methyl sites for hydroxylation is 1. The third-order valence-corrected chi connectivity index (χ3v) is 3.31. The SMILES string of the molecule is Cc1cc(-c2ccc(C#N)cc2)nc2ccc(O)cc12. The average Bonchev–Trinajstić information content (AvgIpc) is 2.48. The minimum Gasteiger partial charge on any atom is -0.508 e. The van der Waals surface area contributed by atoms with Crippen molar-refractivity contribution in [3.8, 4) is 23.1 Å². The van der Waals surface area contributed by atoms with Crippen molar-refractivity contribution in [1.29, 1.82) is 5.26 Å². The smallest absolute Gasteiger partial charge is 0.116 e. The molecule has 20 heavy (non-hydrogen) atoms. The first-order chi connectivity index (χ1) is 9.67. The van der Waals surface area contributed by atoms with E-state index < -0.39 is 0 Å². The van der Waals surface area contributed by atoms with Gasteiger partial charge >= 0.3 is 0 Å². The summed E-state index contributed by atoms with van der Waals surface area (Å²) in [4.78, 5) is 4.61. The molecule has 2 aromatic carbocycles. The van der Waals surface area contributed by atoms with E-state index in [1.54, 1.807) is 24.3 Å². The number of hydrogen-bond donors (Lipinski definition) is 1. The Hall–Kier alpha value is -2.86. The number of pyridine rings is 1. The standard InChI is InChI=1S/C17H12N2O/c1-11-8-17(13-4-2-12(10-18)3-5-13)19-16-7-6-14(20)9-15(11)16/h2-9,20H,1H3. The molecule has 0 saturated carbocycles. The molecule has 3 nitrogen and oxygen atoms in total. The average molecular weight is 260 g/mol. The molecule has 3 aromatic rings. The van der Waals surface area contributed by atoms with E-state index in [4.69, 9.17) is 5.26 Å². The minimum absolute atomic E-state index is 0.244. The number of fused-ring (bicyclic) bond motifs is 1. The zero-order valence-electron chi connectivity index (χ0n) is 11.0. The first-order valence-corrected chi connectivity index (χ1v) is 6.28. The minimum atomic E-state index is 0.244. The van der Waals surface area contributed by atoms with Gasteiger partial charge in [-0.15, -0.1) is 0 Å². The number of benzene rings is 2. The quantitative estimate of drug-likeness (QED) is 0.724.